The van der Waals surface area contributed by atoms with Crippen LogP contribution in [0.4, 0.5) is 0 Å². The van der Waals surface area contributed by atoms with Gasteiger partial charge < -0.3 is 19.9 Å². The van der Waals surface area contributed by atoms with Crippen molar-refractivity contribution in [3.05, 3.63) is 98.9 Å². The number of aromatic amines is 1. The second-order valence-corrected chi connectivity index (χ2v) is 13.9. The minimum atomic E-state index is -0.0231. The van der Waals surface area contributed by atoms with Crippen LogP contribution in [-0.2, 0) is 38.6 Å². The Kier molecular flexibility index (Phi) is 9.97. The summed E-state index contributed by atoms with van der Waals surface area (Å²) in [5.41, 5.74) is 6.45. The van der Waals surface area contributed by atoms with Crippen molar-refractivity contribution in [2.75, 3.05) is 26.7 Å². The number of benzene rings is 3. The first kappa shape index (κ1) is 32.2. The standard InChI is InChI=1S/C36H39ClN8O2S/c1-47-27-8-12-33-30(21-27)40-35(48-33)13-11-31-28(9-4-23-2-6-26(37)7-3-23)29-20-25(36(46)39-22-24-14-17-38-18-15-24)5-10-32(29)45(31)19-16-34-41-43-44-42-34/h2-3,5-8,10,12,20-21,24,38H,4,9,11,13-19,22H2,1H3,(H,39,46)(H,41,42,43,44). The number of halogens is 1. The Labute approximate surface area is 288 Å². The maximum atomic E-state index is 13.5. The van der Waals surface area contributed by atoms with Crippen molar-refractivity contribution in [2.45, 2.75) is 51.5 Å². The zero-order valence-electron chi connectivity index (χ0n) is 27.0. The lowest BCUT2D eigenvalue weighted by Crippen LogP contribution is -2.35. The second kappa shape index (κ2) is 14.8. The minimum absolute atomic E-state index is 0.0231. The normalized spacial score (nSPS) is 13.8. The van der Waals surface area contributed by atoms with Crippen LogP contribution in [0.3, 0.4) is 0 Å². The molecule has 10 nitrogen and oxygen atoms in total. The molecule has 3 aromatic carbocycles. The molecule has 0 aliphatic carbocycles. The van der Waals surface area contributed by atoms with Gasteiger partial charge in [0.15, 0.2) is 5.82 Å². The highest BCUT2D eigenvalue weighted by atomic mass is 35.5. The second-order valence-electron chi connectivity index (χ2n) is 12.4. The third kappa shape index (κ3) is 7.38. The topological polar surface area (TPSA) is 123 Å². The van der Waals surface area contributed by atoms with Crippen LogP contribution in [0.1, 0.15) is 50.9 Å². The number of hydrogen-bond acceptors (Lipinski definition) is 8. The van der Waals surface area contributed by atoms with Crippen molar-refractivity contribution in [2.24, 2.45) is 5.92 Å². The Morgan fingerprint density at radius 3 is 2.67 bits per heavy atom. The Hall–Kier alpha value is -4.32. The van der Waals surface area contributed by atoms with Crippen molar-refractivity contribution in [3.63, 3.8) is 0 Å². The van der Waals surface area contributed by atoms with Gasteiger partial charge in [0.05, 0.1) is 22.3 Å². The summed E-state index contributed by atoms with van der Waals surface area (Å²) in [7, 11) is 1.68. The molecule has 1 aliphatic heterocycles. The number of nitrogens with zero attached hydrogens (tertiary/aromatic N) is 5. The van der Waals surface area contributed by atoms with Crippen LogP contribution in [0.25, 0.3) is 21.1 Å². The lowest BCUT2D eigenvalue weighted by molar-refractivity contribution is 0.0944. The molecule has 0 unspecified atom stereocenters. The molecule has 7 rings (SSSR count). The zero-order valence-corrected chi connectivity index (χ0v) is 28.5. The number of rotatable bonds is 13. The van der Waals surface area contributed by atoms with E-state index in [1.54, 1.807) is 18.4 Å². The van der Waals surface area contributed by atoms with Gasteiger partial charge in [0.2, 0.25) is 0 Å². The number of aromatic nitrogens is 6. The van der Waals surface area contributed by atoms with Crippen LogP contribution in [0.2, 0.25) is 5.02 Å². The van der Waals surface area contributed by atoms with Gasteiger partial charge in [-0.25, -0.2) is 4.98 Å². The van der Waals surface area contributed by atoms with Gasteiger partial charge in [0.25, 0.3) is 5.91 Å². The molecule has 12 heteroatoms. The number of fused-ring (bicyclic) bond motifs is 2. The maximum Gasteiger partial charge on any atom is 0.251 e. The predicted molar refractivity (Wildman–Crippen MR) is 190 cm³/mol. The molecule has 1 aliphatic rings. The molecule has 6 aromatic rings. The molecule has 1 fully saturated rings. The Morgan fingerprint density at radius 2 is 1.88 bits per heavy atom. The summed E-state index contributed by atoms with van der Waals surface area (Å²) in [5, 5.41) is 24.3. The highest BCUT2D eigenvalue weighted by Crippen LogP contribution is 2.32. The van der Waals surface area contributed by atoms with Gasteiger partial charge in [-0.15, -0.1) is 21.5 Å². The number of H-pyrrole nitrogens is 1. The molecule has 248 valence electrons. The Morgan fingerprint density at radius 1 is 1.02 bits per heavy atom. The predicted octanol–water partition coefficient (Wildman–Crippen LogP) is 5.97. The molecule has 1 saturated heterocycles. The van der Waals surface area contributed by atoms with E-state index in [2.05, 4.69) is 66.2 Å². The minimum Gasteiger partial charge on any atom is -0.497 e. The molecular weight excluding hydrogens is 644 g/mol. The van der Waals surface area contributed by atoms with Crippen molar-refractivity contribution >= 4 is 50.0 Å². The molecule has 0 atom stereocenters. The van der Waals surface area contributed by atoms with E-state index < -0.39 is 0 Å². The fourth-order valence-electron chi connectivity index (χ4n) is 6.70. The third-order valence-electron chi connectivity index (χ3n) is 9.30. The van der Waals surface area contributed by atoms with Crippen LogP contribution >= 0.6 is 22.9 Å². The first-order chi connectivity index (χ1) is 23.5. The van der Waals surface area contributed by atoms with Crippen molar-refractivity contribution < 1.29 is 9.53 Å². The highest BCUT2D eigenvalue weighted by molar-refractivity contribution is 7.18. The van der Waals surface area contributed by atoms with Gasteiger partial charge in [-0.05, 0) is 105 Å². The molecule has 0 spiro atoms. The maximum absolute atomic E-state index is 13.5. The van der Waals surface area contributed by atoms with E-state index in [1.807, 2.05) is 30.3 Å². The van der Waals surface area contributed by atoms with E-state index in [1.165, 1.54) is 16.8 Å². The number of piperidine rings is 1. The van der Waals surface area contributed by atoms with Crippen LogP contribution < -0.4 is 15.4 Å². The number of hydrogen-bond donors (Lipinski definition) is 3. The number of carbonyl (C=O) groups is 1. The van der Waals surface area contributed by atoms with Crippen molar-refractivity contribution in [1.82, 2.24) is 40.8 Å². The summed E-state index contributed by atoms with van der Waals surface area (Å²) in [6, 6.07) is 20.3. The van der Waals surface area contributed by atoms with Gasteiger partial charge in [-0.1, -0.05) is 28.9 Å². The average molecular weight is 683 g/mol. The van der Waals surface area contributed by atoms with Crippen LogP contribution in [0.5, 0.6) is 5.75 Å². The van der Waals surface area contributed by atoms with E-state index in [-0.39, 0.29) is 5.91 Å². The number of aryl methyl sites for hydroxylation is 5. The Balaban J connectivity index is 1.24. The lowest BCUT2D eigenvalue weighted by atomic mass is 9.97. The highest BCUT2D eigenvalue weighted by Gasteiger charge is 2.21. The number of nitrogens with one attached hydrogen (secondary N) is 3. The van der Waals surface area contributed by atoms with E-state index in [0.29, 0.717) is 36.8 Å². The molecule has 3 aromatic heterocycles. The summed E-state index contributed by atoms with van der Waals surface area (Å²) >= 11 is 7.93. The van der Waals surface area contributed by atoms with Crippen molar-refractivity contribution in [1.29, 1.82) is 0 Å². The van der Waals surface area contributed by atoms with Crippen LogP contribution in [0, 0.1) is 5.92 Å². The number of amides is 1. The lowest BCUT2D eigenvalue weighted by Gasteiger charge is -2.22. The SMILES string of the molecule is COc1ccc2sc(CCc3c(CCc4ccc(Cl)cc4)c4cc(C(=O)NCC5CCNCC5)ccc4n3CCc3nn[nH]n3)nc2c1. The fourth-order valence-corrected chi connectivity index (χ4v) is 7.77. The first-order valence-corrected chi connectivity index (χ1v) is 17.8. The van der Waals surface area contributed by atoms with E-state index in [0.717, 1.165) is 88.5 Å². The first-order valence-electron chi connectivity index (χ1n) is 16.6. The van der Waals surface area contributed by atoms with Gasteiger partial charge in [0.1, 0.15) is 5.75 Å². The Bertz CT molecular complexity index is 2000. The van der Waals surface area contributed by atoms with E-state index >= 15 is 0 Å². The van der Waals surface area contributed by atoms with E-state index in [9.17, 15) is 4.79 Å². The molecular formula is C36H39ClN8O2S. The largest absolute Gasteiger partial charge is 0.497 e. The van der Waals surface area contributed by atoms with Gasteiger partial charge in [-0.2, -0.15) is 5.21 Å². The molecule has 4 heterocycles. The molecule has 0 radical (unpaired) electrons. The summed E-state index contributed by atoms with van der Waals surface area (Å²) in [4.78, 5) is 18.4. The number of methoxy groups -OCH3 is 1. The summed E-state index contributed by atoms with van der Waals surface area (Å²) in [6.07, 6.45) is 6.05. The van der Waals surface area contributed by atoms with Crippen molar-refractivity contribution in [3.8, 4) is 5.75 Å². The van der Waals surface area contributed by atoms with Gasteiger partial charge in [-0.3, -0.25) is 4.79 Å². The molecule has 0 saturated carbocycles. The number of tetrazole rings is 1. The van der Waals surface area contributed by atoms with Gasteiger partial charge in [0, 0.05) is 59.2 Å². The molecule has 0 bridgehead atoms. The van der Waals surface area contributed by atoms with Crippen LogP contribution in [0.15, 0.2) is 60.7 Å². The summed E-state index contributed by atoms with van der Waals surface area (Å²) in [6.45, 7) is 3.40. The summed E-state index contributed by atoms with van der Waals surface area (Å²) in [5.74, 6) is 1.96. The van der Waals surface area contributed by atoms with E-state index in [4.69, 9.17) is 21.3 Å². The average Bonchev–Trinajstić information content (AvgIpc) is 3.86. The zero-order chi connectivity index (χ0) is 32.9. The number of thiazole rings is 1. The quantitative estimate of drug-likeness (QED) is 0.137. The van der Waals surface area contributed by atoms with Gasteiger partial charge >= 0.3 is 0 Å². The molecule has 3 N–H and O–H groups in total. The third-order valence-corrected chi connectivity index (χ3v) is 10.6. The smallest absolute Gasteiger partial charge is 0.251 e. The molecule has 48 heavy (non-hydrogen) atoms. The number of ether oxygens (including phenoxy) is 1. The monoisotopic (exact) mass is 682 g/mol. The molecule has 1 amide bonds. The fraction of sp³-hybridized carbons (Fsp3) is 0.361. The summed E-state index contributed by atoms with van der Waals surface area (Å²) < 4.78 is 8.96. The van der Waals surface area contributed by atoms with Crippen LogP contribution in [-0.4, -0.2) is 62.8 Å². The number of carbonyl (C=O) groups excluding carboxylic acids is 1.